The number of urea groups is 1. The van der Waals surface area contributed by atoms with Crippen molar-refractivity contribution < 1.29 is 22.4 Å². The van der Waals surface area contributed by atoms with Crippen LogP contribution in [0, 0.1) is 12.7 Å². The highest BCUT2D eigenvalue weighted by Crippen LogP contribution is 2.36. The summed E-state index contributed by atoms with van der Waals surface area (Å²) in [7, 11) is -2.08. The Morgan fingerprint density at radius 3 is 2.71 bits per heavy atom. The molecule has 0 spiro atoms. The van der Waals surface area contributed by atoms with E-state index in [4.69, 9.17) is 5.14 Å². The summed E-state index contributed by atoms with van der Waals surface area (Å²) in [6, 6.07) is 12.7. The Labute approximate surface area is 239 Å². The molecule has 212 valence electrons. The summed E-state index contributed by atoms with van der Waals surface area (Å²) in [6.45, 7) is 2.41. The van der Waals surface area contributed by atoms with Crippen molar-refractivity contribution in [2.24, 2.45) is 5.14 Å². The van der Waals surface area contributed by atoms with Crippen molar-refractivity contribution in [1.82, 2.24) is 20.3 Å². The molecule has 0 aliphatic carbocycles. The number of anilines is 4. The summed E-state index contributed by atoms with van der Waals surface area (Å²) in [5, 5.41) is 11.0. The van der Waals surface area contributed by atoms with E-state index in [9.17, 15) is 22.4 Å². The molecular weight excluding hydrogens is 571 g/mol. The number of aromatic nitrogens is 3. The standard InChI is InChI=1S/C26H25FN8O4S2/c1-15-23(22-19(27)13-29-24(33-22)31-17-7-5-8-18(12-17)41(28,38)39)40-26(30-15)34(2)14-16-6-3-4-9-20(16)35-11-10-21(36)32-25(35)37/h3-9,12-13H,10-11,14H2,1-2H3,(H2,28,38,39)(H,29,31,33)(H,32,36,37). The second-order valence-electron chi connectivity index (χ2n) is 9.24. The zero-order chi connectivity index (χ0) is 29.3. The number of imide groups is 1. The monoisotopic (exact) mass is 596 g/mol. The molecule has 12 nitrogen and oxygen atoms in total. The van der Waals surface area contributed by atoms with Crippen LogP contribution in [0.25, 0.3) is 10.6 Å². The first kappa shape index (κ1) is 28.1. The maximum atomic E-state index is 14.9. The van der Waals surface area contributed by atoms with E-state index >= 15 is 0 Å². The van der Waals surface area contributed by atoms with Crippen molar-refractivity contribution in [3.63, 3.8) is 0 Å². The number of amides is 3. The van der Waals surface area contributed by atoms with Crippen LogP contribution >= 0.6 is 11.3 Å². The van der Waals surface area contributed by atoms with Crippen LogP contribution in [0.4, 0.5) is 31.6 Å². The zero-order valence-corrected chi connectivity index (χ0v) is 23.6. The number of nitrogens with one attached hydrogen (secondary N) is 2. The van der Waals surface area contributed by atoms with E-state index in [1.807, 2.05) is 36.2 Å². The predicted octanol–water partition coefficient (Wildman–Crippen LogP) is 3.52. The highest BCUT2D eigenvalue weighted by molar-refractivity contribution is 7.89. The number of primary sulfonamides is 1. The van der Waals surface area contributed by atoms with E-state index in [2.05, 4.69) is 25.6 Å². The number of hydrogen-bond donors (Lipinski definition) is 3. The van der Waals surface area contributed by atoms with Gasteiger partial charge in [-0.3, -0.25) is 15.0 Å². The molecule has 3 amide bonds. The molecule has 0 radical (unpaired) electrons. The Hall–Kier alpha value is -4.47. The molecule has 5 rings (SSSR count). The molecule has 4 aromatic rings. The quantitative estimate of drug-likeness (QED) is 0.276. The molecule has 4 N–H and O–H groups in total. The number of nitrogens with two attached hydrogens (primary N) is 1. The summed E-state index contributed by atoms with van der Waals surface area (Å²) in [5.41, 5.74) is 2.48. The third-order valence-electron chi connectivity index (χ3n) is 6.23. The zero-order valence-electron chi connectivity index (χ0n) is 22.0. The largest absolute Gasteiger partial charge is 0.347 e. The lowest BCUT2D eigenvalue weighted by molar-refractivity contribution is -0.120. The van der Waals surface area contributed by atoms with Gasteiger partial charge in [-0.15, -0.1) is 0 Å². The van der Waals surface area contributed by atoms with E-state index < -0.39 is 21.9 Å². The minimum Gasteiger partial charge on any atom is -0.347 e. The second-order valence-corrected chi connectivity index (χ2v) is 11.8. The van der Waals surface area contributed by atoms with E-state index in [1.165, 1.54) is 34.4 Å². The minimum atomic E-state index is -3.91. The van der Waals surface area contributed by atoms with Crippen molar-refractivity contribution in [3.8, 4) is 10.6 Å². The summed E-state index contributed by atoms with van der Waals surface area (Å²) in [5.74, 6) is -0.896. The van der Waals surface area contributed by atoms with Crippen LogP contribution in [0.1, 0.15) is 17.7 Å². The van der Waals surface area contributed by atoms with E-state index in [0.717, 1.165) is 11.8 Å². The van der Waals surface area contributed by atoms with Crippen molar-refractivity contribution in [2.45, 2.75) is 24.8 Å². The normalized spacial score (nSPS) is 13.7. The highest BCUT2D eigenvalue weighted by Gasteiger charge is 2.26. The number of benzene rings is 2. The smallest absolute Gasteiger partial charge is 0.328 e. The van der Waals surface area contributed by atoms with Gasteiger partial charge < -0.3 is 10.2 Å². The Bertz CT molecular complexity index is 1760. The first-order valence-electron chi connectivity index (χ1n) is 12.3. The molecule has 3 heterocycles. The number of carbonyl (C=O) groups excluding carboxylic acids is 2. The summed E-state index contributed by atoms with van der Waals surface area (Å²) >= 11 is 1.24. The molecule has 2 aromatic carbocycles. The van der Waals surface area contributed by atoms with Crippen molar-refractivity contribution in [2.75, 3.05) is 28.7 Å². The molecule has 2 aromatic heterocycles. The molecular formula is C26H25FN8O4S2. The SMILES string of the molecule is Cc1nc(N(C)Cc2ccccc2N2CCC(=O)NC2=O)sc1-c1nc(Nc2cccc(S(N)(=O)=O)c2)ncc1F. The van der Waals surface area contributed by atoms with E-state index in [-0.39, 0.29) is 35.4 Å². The molecule has 41 heavy (non-hydrogen) atoms. The van der Waals surface area contributed by atoms with Gasteiger partial charge in [0.05, 0.1) is 27.4 Å². The van der Waals surface area contributed by atoms with Crippen LogP contribution in [0.3, 0.4) is 0 Å². The van der Waals surface area contributed by atoms with E-state index in [1.54, 1.807) is 13.0 Å². The molecule has 1 fully saturated rings. The van der Waals surface area contributed by atoms with Crippen LogP contribution in [-0.2, 0) is 21.4 Å². The number of sulfonamides is 1. The van der Waals surface area contributed by atoms with Gasteiger partial charge in [0.25, 0.3) is 0 Å². The van der Waals surface area contributed by atoms with Gasteiger partial charge in [0.2, 0.25) is 21.9 Å². The highest BCUT2D eigenvalue weighted by atomic mass is 32.2. The van der Waals surface area contributed by atoms with Gasteiger partial charge in [0.1, 0.15) is 5.69 Å². The van der Waals surface area contributed by atoms with Crippen LogP contribution in [0.2, 0.25) is 0 Å². The lowest BCUT2D eigenvalue weighted by atomic mass is 10.1. The molecule has 15 heteroatoms. The van der Waals surface area contributed by atoms with Crippen molar-refractivity contribution in [1.29, 1.82) is 0 Å². The summed E-state index contributed by atoms with van der Waals surface area (Å²) in [6.07, 6.45) is 1.24. The molecule has 0 bridgehead atoms. The van der Waals surface area contributed by atoms with Crippen LogP contribution in [0.15, 0.2) is 59.6 Å². The van der Waals surface area contributed by atoms with Crippen molar-refractivity contribution >= 4 is 55.8 Å². The molecule has 0 unspecified atom stereocenters. The maximum absolute atomic E-state index is 14.9. The third kappa shape index (κ3) is 6.16. The number of nitrogens with zero attached hydrogens (tertiary/aromatic N) is 5. The Morgan fingerprint density at radius 2 is 1.95 bits per heavy atom. The molecule has 1 saturated heterocycles. The van der Waals surface area contributed by atoms with E-state index in [0.29, 0.717) is 33.6 Å². The fourth-order valence-corrected chi connectivity index (χ4v) is 5.83. The van der Waals surface area contributed by atoms with Gasteiger partial charge in [0.15, 0.2) is 10.9 Å². The molecule has 1 aliphatic heterocycles. The minimum absolute atomic E-state index is 0.0369. The number of para-hydroxylation sites is 1. The fourth-order valence-electron chi connectivity index (χ4n) is 4.26. The topological polar surface area (TPSA) is 164 Å². The maximum Gasteiger partial charge on any atom is 0.328 e. The molecule has 1 aliphatic rings. The Morgan fingerprint density at radius 1 is 1.17 bits per heavy atom. The summed E-state index contributed by atoms with van der Waals surface area (Å²) in [4.78, 5) is 40.8. The predicted molar refractivity (Wildman–Crippen MR) is 153 cm³/mol. The number of aryl methyl sites for hydroxylation is 1. The number of hydrogen-bond acceptors (Lipinski definition) is 10. The lowest BCUT2D eigenvalue weighted by Crippen LogP contribution is -2.50. The number of thiazole rings is 1. The molecule has 0 saturated carbocycles. The summed E-state index contributed by atoms with van der Waals surface area (Å²) < 4.78 is 38.3. The fraction of sp³-hybridized carbons (Fsp3) is 0.192. The van der Waals surface area contributed by atoms with Gasteiger partial charge >= 0.3 is 6.03 Å². The van der Waals surface area contributed by atoms with Gasteiger partial charge in [-0.1, -0.05) is 35.6 Å². The van der Waals surface area contributed by atoms with Crippen LogP contribution in [0.5, 0.6) is 0 Å². The first-order valence-corrected chi connectivity index (χ1v) is 14.7. The first-order chi connectivity index (χ1) is 19.5. The Kier molecular flexibility index (Phi) is 7.66. The average molecular weight is 597 g/mol. The average Bonchev–Trinajstić information content (AvgIpc) is 3.31. The van der Waals surface area contributed by atoms with Gasteiger partial charge in [0, 0.05) is 32.2 Å². The van der Waals surface area contributed by atoms with Crippen LogP contribution in [-0.4, -0.2) is 48.9 Å². The van der Waals surface area contributed by atoms with Crippen LogP contribution < -0.4 is 25.6 Å². The van der Waals surface area contributed by atoms with Gasteiger partial charge in [-0.25, -0.2) is 37.7 Å². The lowest BCUT2D eigenvalue weighted by Gasteiger charge is -2.29. The number of halogens is 1. The second kappa shape index (κ2) is 11.2. The van der Waals surface area contributed by atoms with Gasteiger partial charge in [-0.2, -0.15) is 0 Å². The van der Waals surface area contributed by atoms with Crippen molar-refractivity contribution in [3.05, 3.63) is 71.8 Å². The number of carbonyl (C=O) groups is 2. The third-order valence-corrected chi connectivity index (χ3v) is 8.42. The molecule has 0 atom stereocenters. The Balaban J connectivity index is 1.39. The number of rotatable bonds is 8. The van der Waals surface area contributed by atoms with Gasteiger partial charge in [-0.05, 0) is 36.8 Å².